The van der Waals surface area contributed by atoms with Crippen molar-refractivity contribution < 1.29 is 36.7 Å². The molecular formula is C40H47N7O8S2. The third-order valence-electron chi connectivity index (χ3n) is 10.4. The van der Waals surface area contributed by atoms with E-state index in [4.69, 9.17) is 41.8 Å². The van der Waals surface area contributed by atoms with Crippen LogP contribution in [0.1, 0.15) is 60.3 Å². The number of sulfonamides is 1. The standard InChI is InChI=1S/C40H47N7O8S2/c1-7-23-19-40(23,37(50)46-57(51,52)26-16-17-26)45-34(48)28-18-25(20-47(28)36(49)32(39(4,5)6)43-38(41)56)54-35-31-30(27-10-8-9-11-29(27)55-31)42-33(44-35)22-12-14-24(15-13-22)53-21(2)3/h7-15,21,23,25-26,28,32H,1,16-20H2,2-6H3,(H,45,48)(H,46,50)(H3,41,43,56)/t23-,25-,28+,32-,40-/m1/s1. The molecule has 3 amide bonds. The zero-order valence-electron chi connectivity index (χ0n) is 32.4. The number of nitrogens with two attached hydrogens (primary N) is 1. The average molecular weight is 818 g/mol. The zero-order chi connectivity index (χ0) is 41.0. The zero-order valence-corrected chi connectivity index (χ0v) is 34.0. The Morgan fingerprint density at radius 2 is 1.81 bits per heavy atom. The van der Waals surface area contributed by atoms with Crippen molar-refractivity contribution in [1.82, 2.24) is 30.2 Å². The Hall–Kier alpha value is -5.29. The number of carbonyl (C=O) groups is 3. The number of fused-ring (bicyclic) bond motifs is 3. The maximum absolute atomic E-state index is 14.5. The van der Waals surface area contributed by atoms with Gasteiger partial charge in [0.2, 0.25) is 27.4 Å². The Bertz CT molecular complexity index is 2370. The molecule has 57 heavy (non-hydrogen) atoms. The predicted octanol–water partition coefficient (Wildman–Crippen LogP) is 4.10. The van der Waals surface area contributed by atoms with Crippen molar-refractivity contribution >= 4 is 67.1 Å². The number of para-hydroxylation sites is 1. The number of aromatic nitrogens is 2. The van der Waals surface area contributed by atoms with E-state index in [9.17, 15) is 22.8 Å². The maximum Gasteiger partial charge on any atom is 0.262 e. The summed E-state index contributed by atoms with van der Waals surface area (Å²) in [6.45, 7) is 13.1. The Kier molecular flexibility index (Phi) is 10.4. The summed E-state index contributed by atoms with van der Waals surface area (Å²) in [4.78, 5) is 53.5. The molecule has 0 radical (unpaired) electrons. The van der Waals surface area contributed by atoms with Crippen LogP contribution < -0.4 is 30.6 Å². The highest BCUT2D eigenvalue weighted by molar-refractivity contribution is 7.91. The number of hydrogen-bond acceptors (Lipinski definition) is 11. The second-order valence-electron chi connectivity index (χ2n) is 16.3. The van der Waals surface area contributed by atoms with Crippen LogP contribution in [-0.4, -0.2) is 87.7 Å². The number of hydrogen-bond donors (Lipinski definition) is 4. The lowest BCUT2D eigenvalue weighted by Gasteiger charge is -2.35. The molecule has 0 unspecified atom stereocenters. The molecule has 17 heteroatoms. The topological polar surface area (TPSA) is 208 Å². The van der Waals surface area contributed by atoms with Crippen molar-refractivity contribution in [1.29, 1.82) is 0 Å². The third-order valence-corrected chi connectivity index (χ3v) is 12.4. The van der Waals surface area contributed by atoms with E-state index in [0.29, 0.717) is 41.1 Å². The summed E-state index contributed by atoms with van der Waals surface area (Å²) >= 11 is 5.13. The van der Waals surface area contributed by atoms with Gasteiger partial charge in [0, 0.05) is 23.3 Å². The molecule has 5 atom stereocenters. The van der Waals surface area contributed by atoms with Crippen molar-refractivity contribution in [3.8, 4) is 23.0 Å². The highest BCUT2D eigenvalue weighted by Crippen LogP contribution is 2.46. The van der Waals surface area contributed by atoms with Gasteiger partial charge in [0.15, 0.2) is 10.9 Å². The number of amides is 3. The molecular weight excluding hydrogens is 771 g/mol. The van der Waals surface area contributed by atoms with Gasteiger partial charge in [-0.2, -0.15) is 4.98 Å². The van der Waals surface area contributed by atoms with Gasteiger partial charge in [0.05, 0.1) is 17.9 Å². The van der Waals surface area contributed by atoms with Crippen LogP contribution in [0.15, 0.2) is 65.6 Å². The summed E-state index contributed by atoms with van der Waals surface area (Å²) in [6.07, 6.45) is 1.73. The van der Waals surface area contributed by atoms with Gasteiger partial charge >= 0.3 is 0 Å². The largest absolute Gasteiger partial charge is 0.491 e. The molecule has 1 saturated heterocycles. The van der Waals surface area contributed by atoms with Gasteiger partial charge in [-0.15, -0.1) is 6.58 Å². The molecule has 2 aliphatic carbocycles. The Labute approximate surface area is 336 Å². The van der Waals surface area contributed by atoms with Crippen LogP contribution in [0.2, 0.25) is 0 Å². The van der Waals surface area contributed by atoms with E-state index in [1.807, 2.05) is 83.1 Å². The molecule has 1 aliphatic heterocycles. The maximum atomic E-state index is 14.5. The fraction of sp³-hybridized carbons (Fsp3) is 0.450. The molecule has 0 spiro atoms. The average Bonchev–Trinajstić information content (AvgIpc) is 4.05. The lowest BCUT2D eigenvalue weighted by atomic mass is 9.85. The van der Waals surface area contributed by atoms with Gasteiger partial charge in [0.1, 0.15) is 40.6 Å². The number of carbonyl (C=O) groups excluding carboxylic acids is 3. The number of likely N-dealkylation sites (tertiary alicyclic amines) is 1. The molecule has 3 aliphatic rings. The van der Waals surface area contributed by atoms with E-state index in [0.717, 1.165) is 5.39 Å². The van der Waals surface area contributed by atoms with Crippen molar-refractivity contribution in [3.63, 3.8) is 0 Å². The number of ether oxygens (including phenoxy) is 2. The van der Waals surface area contributed by atoms with E-state index in [1.165, 1.54) is 11.0 Å². The summed E-state index contributed by atoms with van der Waals surface area (Å²) in [7, 11) is -3.91. The highest BCUT2D eigenvalue weighted by Gasteiger charge is 2.62. The van der Waals surface area contributed by atoms with Gasteiger partial charge in [0.25, 0.3) is 11.8 Å². The summed E-state index contributed by atoms with van der Waals surface area (Å²) in [6, 6.07) is 12.7. The summed E-state index contributed by atoms with van der Waals surface area (Å²) in [5.41, 5.74) is 5.65. The van der Waals surface area contributed by atoms with Crippen LogP contribution in [0, 0.1) is 11.3 Å². The SMILES string of the molecule is C=C[C@@H]1C[C@]1(NC(=O)[C@@H]1C[C@@H](Oc2nc(-c3ccc(OC(C)C)cc3)nc3c2oc2ccccc23)CN1C(=O)[C@@H](NC(N)=S)C(C)(C)C)C(=O)NS(=O)(=O)C1CC1. The molecule has 3 heterocycles. The minimum absolute atomic E-state index is 0.00951. The molecule has 4 aromatic rings. The molecule has 302 valence electrons. The first-order valence-electron chi connectivity index (χ1n) is 18.9. The lowest BCUT2D eigenvalue weighted by molar-refractivity contribution is -0.142. The second-order valence-corrected chi connectivity index (χ2v) is 18.7. The van der Waals surface area contributed by atoms with Gasteiger partial charge in [-0.3, -0.25) is 19.1 Å². The van der Waals surface area contributed by atoms with E-state index >= 15 is 0 Å². The number of rotatable bonds is 13. The van der Waals surface area contributed by atoms with E-state index in [2.05, 4.69) is 21.9 Å². The highest BCUT2D eigenvalue weighted by atomic mass is 32.2. The molecule has 15 nitrogen and oxygen atoms in total. The number of thiocarbonyl (C=S) groups is 1. The van der Waals surface area contributed by atoms with Crippen LogP contribution in [0.4, 0.5) is 0 Å². The van der Waals surface area contributed by atoms with Gasteiger partial charge in [-0.1, -0.05) is 39.0 Å². The fourth-order valence-corrected chi connectivity index (χ4v) is 8.72. The first-order chi connectivity index (χ1) is 26.9. The number of nitrogens with one attached hydrogen (secondary N) is 3. The van der Waals surface area contributed by atoms with Crippen LogP contribution >= 0.6 is 12.2 Å². The van der Waals surface area contributed by atoms with E-state index < -0.39 is 68.1 Å². The summed E-state index contributed by atoms with van der Waals surface area (Å²) in [5, 5.41) is 5.70. The molecule has 2 aromatic carbocycles. The summed E-state index contributed by atoms with van der Waals surface area (Å²) in [5.74, 6) is -1.37. The number of nitrogens with zero attached hydrogens (tertiary/aromatic N) is 3. The predicted molar refractivity (Wildman–Crippen MR) is 217 cm³/mol. The molecule has 0 bridgehead atoms. The van der Waals surface area contributed by atoms with Gasteiger partial charge in [-0.25, -0.2) is 13.4 Å². The normalized spacial score (nSPS) is 22.6. The smallest absolute Gasteiger partial charge is 0.262 e. The Morgan fingerprint density at radius 3 is 2.42 bits per heavy atom. The van der Waals surface area contributed by atoms with Crippen molar-refractivity contribution in [2.75, 3.05) is 6.54 Å². The van der Waals surface area contributed by atoms with Crippen LogP contribution in [-0.2, 0) is 24.4 Å². The van der Waals surface area contributed by atoms with Crippen molar-refractivity contribution in [2.45, 2.75) is 95.4 Å². The minimum atomic E-state index is -3.91. The fourth-order valence-electron chi connectivity index (χ4n) is 7.24. The number of benzene rings is 2. The van der Waals surface area contributed by atoms with Gasteiger partial charge < -0.3 is 35.2 Å². The third kappa shape index (κ3) is 8.12. The first-order valence-corrected chi connectivity index (χ1v) is 20.9. The van der Waals surface area contributed by atoms with Crippen molar-refractivity contribution in [3.05, 3.63) is 61.2 Å². The quantitative estimate of drug-likeness (QED) is 0.111. The van der Waals surface area contributed by atoms with Crippen LogP contribution in [0.5, 0.6) is 11.6 Å². The minimum Gasteiger partial charge on any atom is -0.491 e. The molecule has 7 rings (SSSR count). The summed E-state index contributed by atoms with van der Waals surface area (Å²) < 4.78 is 46.4. The van der Waals surface area contributed by atoms with Crippen LogP contribution in [0.3, 0.4) is 0 Å². The van der Waals surface area contributed by atoms with Crippen LogP contribution in [0.25, 0.3) is 33.5 Å². The Morgan fingerprint density at radius 1 is 1.11 bits per heavy atom. The molecule has 3 fully saturated rings. The molecule has 2 saturated carbocycles. The monoisotopic (exact) mass is 817 g/mol. The lowest BCUT2D eigenvalue weighted by Crippen LogP contribution is -2.60. The van der Waals surface area contributed by atoms with E-state index in [1.54, 1.807) is 0 Å². The molecule has 2 aromatic heterocycles. The first kappa shape index (κ1) is 39.9. The Balaban J connectivity index is 1.23. The van der Waals surface area contributed by atoms with Gasteiger partial charge in [-0.05, 0) is 87.1 Å². The van der Waals surface area contributed by atoms with Crippen molar-refractivity contribution in [2.24, 2.45) is 17.1 Å². The molecule has 5 N–H and O–H groups in total. The van der Waals surface area contributed by atoms with E-state index in [-0.39, 0.29) is 42.1 Å². The second kappa shape index (κ2) is 14.9. The number of furan rings is 1.